The van der Waals surface area contributed by atoms with E-state index in [1.807, 2.05) is 49.4 Å². The molecule has 1 atom stereocenters. The lowest BCUT2D eigenvalue weighted by atomic mass is 9.96. The molecule has 0 bridgehead atoms. The summed E-state index contributed by atoms with van der Waals surface area (Å²) >= 11 is 0. The zero-order chi connectivity index (χ0) is 22.5. The van der Waals surface area contributed by atoms with E-state index < -0.39 is 0 Å². The largest absolute Gasteiger partial charge is 0.382 e. The third kappa shape index (κ3) is 4.30. The second-order valence-electron chi connectivity index (χ2n) is 7.29. The van der Waals surface area contributed by atoms with E-state index in [0.29, 0.717) is 16.9 Å². The molecule has 0 aliphatic heterocycles. The van der Waals surface area contributed by atoms with E-state index in [1.54, 1.807) is 24.3 Å². The van der Waals surface area contributed by atoms with Gasteiger partial charge in [0.1, 0.15) is 17.5 Å². The number of rotatable bonds is 5. The summed E-state index contributed by atoms with van der Waals surface area (Å²) in [5.74, 6) is 0.275. The van der Waals surface area contributed by atoms with Crippen molar-refractivity contribution < 1.29 is 4.79 Å². The van der Waals surface area contributed by atoms with Crippen LogP contribution in [-0.2, 0) is 0 Å². The van der Waals surface area contributed by atoms with Crippen molar-refractivity contribution in [3.05, 3.63) is 96.2 Å². The third-order valence-corrected chi connectivity index (χ3v) is 5.16. The fourth-order valence-electron chi connectivity index (χ4n) is 3.53. The average Bonchev–Trinajstić information content (AvgIpc) is 3.20. The highest BCUT2D eigenvalue weighted by Crippen LogP contribution is 2.28. The minimum absolute atomic E-state index is 0.195. The molecule has 4 aromatic rings. The van der Waals surface area contributed by atoms with E-state index >= 15 is 0 Å². The average molecular weight is 422 g/mol. The predicted octanol–water partition coefficient (Wildman–Crippen LogP) is 4.88. The number of nitrogen functional groups attached to an aromatic ring is 1. The highest BCUT2D eigenvalue weighted by Gasteiger charge is 2.14. The molecule has 1 unspecified atom stereocenters. The summed E-state index contributed by atoms with van der Waals surface area (Å²) in [5.41, 5.74) is 10.8. The molecule has 7 heteroatoms. The number of nitrogens with zero attached hydrogens (tertiary/aromatic N) is 3. The van der Waals surface area contributed by atoms with E-state index in [2.05, 4.69) is 33.9 Å². The second kappa shape index (κ2) is 9.06. The molecule has 1 aromatic heterocycles. The van der Waals surface area contributed by atoms with Crippen LogP contribution >= 0.6 is 0 Å². The first-order valence-electron chi connectivity index (χ1n) is 10.1. The van der Waals surface area contributed by atoms with E-state index in [9.17, 15) is 4.79 Å². The van der Waals surface area contributed by atoms with Gasteiger partial charge in [0.25, 0.3) is 0 Å². The summed E-state index contributed by atoms with van der Waals surface area (Å²) < 4.78 is 1.48. The maximum Gasteiger partial charge on any atom is 0.319 e. The molecule has 0 fully saturated rings. The first-order chi connectivity index (χ1) is 15.6. The van der Waals surface area contributed by atoms with Gasteiger partial charge >= 0.3 is 6.03 Å². The number of hydrogen-bond acceptors (Lipinski definition) is 4. The van der Waals surface area contributed by atoms with Crippen LogP contribution in [-0.4, -0.2) is 15.8 Å². The van der Waals surface area contributed by atoms with Crippen molar-refractivity contribution in [2.24, 2.45) is 0 Å². The Hall–Kier alpha value is -4.57. The number of hydrogen-bond donors (Lipinski definition) is 3. The zero-order valence-electron chi connectivity index (χ0n) is 17.5. The van der Waals surface area contributed by atoms with E-state index in [0.717, 1.165) is 16.7 Å². The Balaban J connectivity index is 1.44. The Kier molecular flexibility index (Phi) is 5.86. The molecule has 2 amide bonds. The van der Waals surface area contributed by atoms with Crippen LogP contribution in [0, 0.1) is 11.3 Å². The van der Waals surface area contributed by atoms with E-state index in [4.69, 9.17) is 11.0 Å². The molecule has 0 radical (unpaired) electrons. The van der Waals surface area contributed by atoms with Crippen LogP contribution in [0.1, 0.15) is 24.1 Å². The molecule has 4 N–H and O–H groups in total. The molecule has 0 aliphatic rings. The van der Waals surface area contributed by atoms with Crippen LogP contribution < -0.4 is 16.4 Å². The fraction of sp³-hybridized carbons (Fsp3) is 0.0800. The van der Waals surface area contributed by atoms with Crippen LogP contribution in [0.4, 0.5) is 16.3 Å². The number of nitriles is 1. The summed E-state index contributed by atoms with van der Waals surface area (Å²) in [6.45, 7) is 1.96. The normalized spacial score (nSPS) is 11.4. The van der Waals surface area contributed by atoms with E-state index in [-0.39, 0.29) is 17.9 Å². The lowest BCUT2D eigenvalue weighted by Gasteiger charge is -2.19. The highest BCUT2D eigenvalue weighted by molar-refractivity contribution is 5.89. The molecule has 1 heterocycles. The molecule has 4 rings (SSSR count). The third-order valence-electron chi connectivity index (χ3n) is 5.16. The number of benzene rings is 3. The van der Waals surface area contributed by atoms with Gasteiger partial charge in [-0.05, 0) is 47.9 Å². The summed E-state index contributed by atoms with van der Waals surface area (Å²) in [6.07, 6.45) is 1.42. The van der Waals surface area contributed by atoms with Gasteiger partial charge in [0.2, 0.25) is 0 Å². The number of carbonyl (C=O) groups excluding carboxylic acids is 1. The zero-order valence-corrected chi connectivity index (χ0v) is 17.5. The molecular formula is C25H22N6O. The van der Waals surface area contributed by atoms with Crippen LogP contribution in [0.15, 0.2) is 85.1 Å². The second-order valence-corrected chi connectivity index (χ2v) is 7.29. The molecule has 32 heavy (non-hydrogen) atoms. The number of nitrogens with two attached hydrogens (primary N) is 1. The van der Waals surface area contributed by atoms with Gasteiger partial charge in [-0.2, -0.15) is 10.4 Å². The number of anilines is 2. The van der Waals surface area contributed by atoms with Gasteiger partial charge in [-0.3, -0.25) is 0 Å². The van der Waals surface area contributed by atoms with Crippen molar-refractivity contribution in [1.29, 1.82) is 5.26 Å². The minimum atomic E-state index is -0.307. The number of aromatic nitrogens is 2. The molecule has 0 spiro atoms. The van der Waals surface area contributed by atoms with Crippen LogP contribution in [0.5, 0.6) is 0 Å². The SMILES string of the molecule is CC(NC(=O)Nc1ccc(-n2ncc(C#N)c2N)cc1)c1ccccc1-c1ccccc1. The van der Waals surface area contributed by atoms with Crippen molar-refractivity contribution in [3.63, 3.8) is 0 Å². The van der Waals surface area contributed by atoms with Gasteiger partial charge in [0.15, 0.2) is 0 Å². The Bertz CT molecular complexity index is 1270. The smallest absolute Gasteiger partial charge is 0.319 e. The Labute approximate surface area is 186 Å². The Morgan fingerprint density at radius 1 is 1.03 bits per heavy atom. The molecule has 0 saturated carbocycles. The standard InChI is InChI=1S/C25H22N6O/c1-17(22-9-5-6-10-23(22)18-7-3-2-4-8-18)29-25(32)30-20-11-13-21(14-12-20)31-24(27)19(15-26)16-28-31/h2-14,16-17H,27H2,1H3,(H2,29,30,32). The van der Waals surface area contributed by atoms with Crippen molar-refractivity contribution in [3.8, 4) is 22.9 Å². The number of carbonyl (C=O) groups is 1. The van der Waals surface area contributed by atoms with Crippen LogP contribution in [0.25, 0.3) is 16.8 Å². The number of nitrogens with one attached hydrogen (secondary N) is 2. The summed E-state index contributed by atoms with van der Waals surface area (Å²) in [7, 11) is 0. The first kappa shape index (κ1) is 20.7. The Morgan fingerprint density at radius 3 is 2.41 bits per heavy atom. The van der Waals surface area contributed by atoms with Crippen molar-refractivity contribution in [2.75, 3.05) is 11.1 Å². The topological polar surface area (TPSA) is 109 Å². The first-order valence-corrected chi connectivity index (χ1v) is 10.1. The molecule has 3 aromatic carbocycles. The van der Waals surface area contributed by atoms with Gasteiger partial charge in [0.05, 0.1) is 17.9 Å². The van der Waals surface area contributed by atoms with Gasteiger partial charge in [-0.15, -0.1) is 0 Å². The maximum absolute atomic E-state index is 12.6. The van der Waals surface area contributed by atoms with Gasteiger partial charge in [0, 0.05) is 5.69 Å². The van der Waals surface area contributed by atoms with Crippen LogP contribution in [0.3, 0.4) is 0 Å². The Morgan fingerprint density at radius 2 is 1.72 bits per heavy atom. The van der Waals surface area contributed by atoms with Crippen molar-refractivity contribution >= 4 is 17.5 Å². The predicted molar refractivity (Wildman–Crippen MR) is 125 cm³/mol. The van der Waals surface area contributed by atoms with E-state index in [1.165, 1.54) is 10.9 Å². The quantitative estimate of drug-likeness (QED) is 0.426. The number of amides is 2. The molecular weight excluding hydrogens is 400 g/mol. The maximum atomic E-state index is 12.6. The van der Waals surface area contributed by atoms with Crippen LogP contribution in [0.2, 0.25) is 0 Å². The lowest BCUT2D eigenvalue weighted by molar-refractivity contribution is 0.249. The molecule has 0 saturated heterocycles. The fourth-order valence-corrected chi connectivity index (χ4v) is 3.53. The van der Waals surface area contributed by atoms with Gasteiger partial charge in [-0.1, -0.05) is 54.6 Å². The van der Waals surface area contributed by atoms with Crippen molar-refractivity contribution in [2.45, 2.75) is 13.0 Å². The lowest BCUT2D eigenvalue weighted by Crippen LogP contribution is -2.31. The molecule has 0 aliphatic carbocycles. The summed E-state index contributed by atoms with van der Waals surface area (Å²) in [6, 6.07) is 26.7. The number of urea groups is 1. The highest BCUT2D eigenvalue weighted by atomic mass is 16.2. The van der Waals surface area contributed by atoms with Gasteiger partial charge < -0.3 is 16.4 Å². The molecule has 158 valence electrons. The summed E-state index contributed by atoms with van der Waals surface area (Å²) in [4.78, 5) is 12.6. The van der Waals surface area contributed by atoms with Crippen molar-refractivity contribution in [1.82, 2.24) is 15.1 Å². The van der Waals surface area contributed by atoms with Gasteiger partial charge in [-0.25, -0.2) is 9.48 Å². The molecule has 7 nitrogen and oxygen atoms in total. The monoisotopic (exact) mass is 422 g/mol. The minimum Gasteiger partial charge on any atom is -0.382 e. The summed E-state index contributed by atoms with van der Waals surface area (Å²) in [5, 5.41) is 19.0.